The molecule has 3 aliphatic carbocycles. The molecule has 2 heterocycles. The minimum Gasteiger partial charge on any atom is -0.504 e. The summed E-state index contributed by atoms with van der Waals surface area (Å²) in [5.41, 5.74) is 2.78. The van der Waals surface area contributed by atoms with E-state index >= 15 is 0 Å². The molecule has 5 aliphatic rings. The zero-order valence-corrected chi connectivity index (χ0v) is 21.2. The van der Waals surface area contributed by atoms with Crippen molar-refractivity contribution in [2.75, 3.05) is 13.1 Å². The molecule has 6 atom stereocenters. The molecule has 190 valence electrons. The van der Waals surface area contributed by atoms with Crippen molar-refractivity contribution in [3.8, 4) is 11.5 Å². The Bertz CT molecular complexity index is 1240. The second-order valence-electron chi connectivity index (χ2n) is 12.0. The molecule has 3 fully saturated rings. The molecule has 3 N–H and O–H groups in total. The number of carbonyl (C=O) groups excluding carboxylic acids is 1. The van der Waals surface area contributed by atoms with Crippen LogP contribution < -0.4 is 10.1 Å². The number of nitrogens with one attached hydrogen (secondary N) is 1. The fourth-order valence-electron chi connectivity index (χ4n) is 8.15. The van der Waals surface area contributed by atoms with E-state index in [1.165, 1.54) is 18.4 Å². The predicted octanol–water partition coefficient (Wildman–Crippen LogP) is 3.55. The Kier molecular flexibility index (Phi) is 4.85. The van der Waals surface area contributed by atoms with Crippen LogP contribution in [-0.4, -0.2) is 57.9 Å². The first-order chi connectivity index (χ1) is 17.3. The van der Waals surface area contributed by atoms with Gasteiger partial charge in [0.15, 0.2) is 11.5 Å². The third-order valence-electron chi connectivity index (χ3n) is 10.1. The zero-order valence-electron chi connectivity index (χ0n) is 21.2. The first-order valence-corrected chi connectivity index (χ1v) is 13.7. The van der Waals surface area contributed by atoms with Gasteiger partial charge in [0, 0.05) is 18.2 Å². The van der Waals surface area contributed by atoms with E-state index in [0.29, 0.717) is 18.6 Å². The fourth-order valence-corrected chi connectivity index (χ4v) is 8.15. The number of piperidine rings is 1. The molecular formula is C30H36N2O4. The Balaban J connectivity index is 1.25. The van der Waals surface area contributed by atoms with E-state index in [1.54, 1.807) is 6.07 Å². The summed E-state index contributed by atoms with van der Waals surface area (Å²) in [4.78, 5) is 16.0. The van der Waals surface area contributed by atoms with Gasteiger partial charge in [0.05, 0.1) is 23.0 Å². The van der Waals surface area contributed by atoms with Gasteiger partial charge < -0.3 is 20.3 Å². The number of carbonyl (C=O) groups is 1. The number of hydrogen-bond acceptors (Lipinski definition) is 5. The Morgan fingerprint density at radius 1 is 1.19 bits per heavy atom. The Hall–Kier alpha value is -2.57. The maximum atomic E-state index is 13.5. The number of likely N-dealkylation sites (tertiary alicyclic amines) is 1. The summed E-state index contributed by atoms with van der Waals surface area (Å²) in [6.07, 6.45) is 5.04. The van der Waals surface area contributed by atoms with Gasteiger partial charge >= 0.3 is 0 Å². The number of hydrogen-bond donors (Lipinski definition) is 3. The van der Waals surface area contributed by atoms with Crippen molar-refractivity contribution in [3.05, 3.63) is 58.7 Å². The average molecular weight is 489 g/mol. The monoisotopic (exact) mass is 488 g/mol. The smallest absolute Gasteiger partial charge is 0.227 e. The Labute approximate surface area is 212 Å². The minimum atomic E-state index is -0.931. The van der Waals surface area contributed by atoms with Crippen LogP contribution in [0.15, 0.2) is 36.4 Å². The number of amides is 1. The first kappa shape index (κ1) is 22.6. The largest absolute Gasteiger partial charge is 0.504 e. The lowest BCUT2D eigenvalue weighted by molar-refractivity contribution is -0.192. The standard InChI is InChI=1S/C30H36N2O4/c1-17-5-3-4-6-21(17)18(2)28(34)31-22-11-12-30(35)24-15-20-9-10-23(33)26-25(20)29(30,27(22)36-26)13-14-32(24)16-19-7-8-19/h3-6,9-10,18-19,22,24,27,33,35H,7-8,11-16H2,1-2H3,(H,31,34)/t18?,22-,24-,27+,29+,30-/m1/s1. The highest BCUT2D eigenvalue weighted by Gasteiger charge is 2.73. The zero-order chi connectivity index (χ0) is 24.8. The molecule has 1 unspecified atom stereocenters. The Morgan fingerprint density at radius 2 is 2.00 bits per heavy atom. The highest BCUT2D eigenvalue weighted by Crippen LogP contribution is 2.65. The average Bonchev–Trinajstić information content (AvgIpc) is 3.60. The van der Waals surface area contributed by atoms with Crippen LogP contribution in [-0.2, 0) is 16.6 Å². The molecule has 2 bridgehead atoms. The van der Waals surface area contributed by atoms with Crippen molar-refractivity contribution in [1.82, 2.24) is 10.2 Å². The van der Waals surface area contributed by atoms with Crippen LogP contribution in [0.1, 0.15) is 67.2 Å². The fraction of sp³-hybridized carbons (Fsp3) is 0.567. The van der Waals surface area contributed by atoms with E-state index < -0.39 is 17.1 Å². The molecule has 6 heteroatoms. The number of aryl methyl sites for hydroxylation is 1. The number of nitrogens with zero attached hydrogens (tertiary/aromatic N) is 1. The van der Waals surface area contributed by atoms with Crippen molar-refractivity contribution < 1.29 is 19.7 Å². The highest BCUT2D eigenvalue weighted by molar-refractivity contribution is 5.84. The molecule has 2 saturated carbocycles. The quantitative estimate of drug-likeness (QED) is 0.600. The molecular weight excluding hydrogens is 452 g/mol. The predicted molar refractivity (Wildman–Crippen MR) is 136 cm³/mol. The summed E-state index contributed by atoms with van der Waals surface area (Å²) < 4.78 is 6.58. The van der Waals surface area contributed by atoms with Gasteiger partial charge in [-0.3, -0.25) is 9.69 Å². The molecule has 0 radical (unpaired) electrons. The van der Waals surface area contributed by atoms with Gasteiger partial charge in [-0.2, -0.15) is 0 Å². The van der Waals surface area contributed by atoms with E-state index in [0.717, 1.165) is 48.5 Å². The van der Waals surface area contributed by atoms with E-state index in [-0.39, 0.29) is 29.7 Å². The van der Waals surface area contributed by atoms with Crippen LogP contribution in [0.3, 0.4) is 0 Å². The lowest BCUT2D eigenvalue weighted by atomic mass is 9.48. The summed E-state index contributed by atoms with van der Waals surface area (Å²) in [7, 11) is 0. The van der Waals surface area contributed by atoms with Gasteiger partial charge in [-0.05, 0) is 87.6 Å². The number of rotatable bonds is 5. The number of phenolic OH excluding ortho intramolecular Hbond substituents is 1. The maximum Gasteiger partial charge on any atom is 0.227 e. The van der Waals surface area contributed by atoms with Gasteiger partial charge in [0.1, 0.15) is 6.10 Å². The van der Waals surface area contributed by atoms with Gasteiger partial charge in [0.25, 0.3) is 0 Å². The lowest BCUT2D eigenvalue weighted by Gasteiger charge is -2.64. The van der Waals surface area contributed by atoms with Gasteiger partial charge in [0.2, 0.25) is 5.91 Å². The molecule has 2 aromatic rings. The number of aliphatic hydroxyl groups is 1. The Morgan fingerprint density at radius 3 is 2.78 bits per heavy atom. The molecule has 0 aromatic heterocycles. The number of benzene rings is 2. The van der Waals surface area contributed by atoms with Crippen LogP contribution in [0.25, 0.3) is 0 Å². The second-order valence-corrected chi connectivity index (χ2v) is 12.0. The van der Waals surface area contributed by atoms with E-state index in [1.807, 2.05) is 44.2 Å². The molecule has 36 heavy (non-hydrogen) atoms. The molecule has 1 saturated heterocycles. The van der Waals surface area contributed by atoms with E-state index in [2.05, 4.69) is 10.2 Å². The first-order valence-electron chi connectivity index (χ1n) is 13.7. The number of aromatic hydroxyl groups is 1. The summed E-state index contributed by atoms with van der Waals surface area (Å²) >= 11 is 0. The van der Waals surface area contributed by atoms with Crippen molar-refractivity contribution in [1.29, 1.82) is 0 Å². The lowest BCUT2D eigenvalue weighted by Crippen LogP contribution is -2.78. The SMILES string of the molecule is Cc1ccccc1C(C)C(=O)N[C@@H]1CC[C@@]2(O)[C@H]3Cc4ccc(O)c5c4[C@@]2(CCN3CC2CC2)[C@H]1O5. The number of phenols is 1. The van der Waals surface area contributed by atoms with E-state index in [9.17, 15) is 15.0 Å². The third-order valence-corrected chi connectivity index (χ3v) is 10.1. The summed E-state index contributed by atoms with van der Waals surface area (Å²) in [6, 6.07) is 11.6. The van der Waals surface area contributed by atoms with Crippen molar-refractivity contribution in [2.45, 2.75) is 87.5 Å². The molecule has 7 rings (SSSR count). The molecule has 2 aliphatic heterocycles. The van der Waals surface area contributed by atoms with Gasteiger partial charge in [-0.25, -0.2) is 0 Å². The van der Waals surface area contributed by atoms with Crippen LogP contribution in [0, 0.1) is 12.8 Å². The van der Waals surface area contributed by atoms with Crippen LogP contribution in [0.4, 0.5) is 0 Å². The molecule has 2 aromatic carbocycles. The second kappa shape index (κ2) is 7.72. The summed E-state index contributed by atoms with van der Waals surface area (Å²) in [5, 5.41) is 26.7. The number of ether oxygens (including phenoxy) is 1. The molecule has 6 nitrogen and oxygen atoms in total. The highest BCUT2D eigenvalue weighted by atomic mass is 16.5. The summed E-state index contributed by atoms with van der Waals surface area (Å²) in [5.74, 6) is 1.12. The van der Waals surface area contributed by atoms with Crippen LogP contribution in [0.2, 0.25) is 0 Å². The van der Waals surface area contributed by atoms with Crippen LogP contribution >= 0.6 is 0 Å². The van der Waals surface area contributed by atoms with Gasteiger partial charge in [-0.15, -0.1) is 0 Å². The van der Waals surface area contributed by atoms with Crippen LogP contribution in [0.5, 0.6) is 11.5 Å². The molecule has 1 spiro atoms. The maximum absolute atomic E-state index is 13.5. The van der Waals surface area contributed by atoms with E-state index in [4.69, 9.17) is 4.74 Å². The van der Waals surface area contributed by atoms with Crippen molar-refractivity contribution in [3.63, 3.8) is 0 Å². The minimum absolute atomic E-state index is 0.0151. The molecule has 1 amide bonds. The summed E-state index contributed by atoms with van der Waals surface area (Å²) in [6.45, 7) is 5.97. The van der Waals surface area contributed by atoms with Crippen molar-refractivity contribution in [2.24, 2.45) is 5.92 Å². The topological polar surface area (TPSA) is 82.0 Å². The normalized spacial score (nSPS) is 35.0. The van der Waals surface area contributed by atoms with Gasteiger partial charge in [-0.1, -0.05) is 30.3 Å². The van der Waals surface area contributed by atoms with Crippen molar-refractivity contribution >= 4 is 5.91 Å². The third kappa shape index (κ3) is 2.94.